The van der Waals surface area contributed by atoms with Crippen LogP contribution in [0.5, 0.6) is 0 Å². The van der Waals surface area contributed by atoms with Crippen LogP contribution in [0.15, 0.2) is 434 Å². The molecule has 0 bridgehead atoms. The van der Waals surface area contributed by atoms with Gasteiger partial charge in [-0.1, -0.05) is 291 Å². The van der Waals surface area contributed by atoms with Gasteiger partial charge in [-0.15, -0.1) is 0 Å². The summed E-state index contributed by atoms with van der Waals surface area (Å²) in [6.07, 6.45) is 0. The molecule has 0 unspecified atom stereocenters. The fourth-order valence-electron chi connectivity index (χ4n) is 19.6. The van der Waals surface area contributed by atoms with Crippen molar-refractivity contribution >= 4 is 152 Å². The second kappa shape index (κ2) is 28.7. The van der Waals surface area contributed by atoms with Crippen LogP contribution in [0.4, 0.5) is 0 Å². The molecule has 12 nitrogen and oxygen atoms in total. The van der Waals surface area contributed by atoms with Gasteiger partial charge in [-0.25, -0.2) is 19.9 Å². The van der Waals surface area contributed by atoms with Gasteiger partial charge in [0.2, 0.25) is 11.9 Å². The molecule has 26 rings (SSSR count). The third-order valence-corrected chi connectivity index (χ3v) is 25.3. The summed E-state index contributed by atoms with van der Waals surface area (Å²) in [5.41, 5.74) is 22.3. The summed E-state index contributed by atoms with van der Waals surface area (Å²) in [4.78, 5) is 52.1. The zero-order valence-corrected chi connectivity index (χ0v) is 67.7. The van der Waals surface area contributed by atoms with Crippen molar-refractivity contribution in [2.24, 2.45) is 0 Å². The van der Waals surface area contributed by atoms with E-state index in [0.29, 0.717) is 45.1 Å². The molecular weight excluding hydrogens is 1540 g/mol. The Bertz CT molecular complexity index is 8760. The van der Waals surface area contributed by atoms with E-state index in [-0.39, 0.29) is 11.1 Å². The van der Waals surface area contributed by atoms with Crippen LogP contribution in [0.2, 0.25) is 0 Å². The van der Waals surface area contributed by atoms with Gasteiger partial charge >= 0.3 is 0 Å². The number of fused-ring (bicyclic) bond motifs is 21. The molecule has 26 aromatic rings. The highest BCUT2D eigenvalue weighted by Gasteiger charge is 2.28. The van der Waals surface area contributed by atoms with Crippen LogP contribution in [-0.4, -0.2) is 47.3 Å². The van der Waals surface area contributed by atoms with Crippen LogP contribution in [0, 0.1) is 0 Å². The van der Waals surface area contributed by atoms with Crippen LogP contribution in [0.1, 0.15) is 0 Å². The summed E-state index contributed by atoms with van der Waals surface area (Å²) in [6.45, 7) is 0. The average Bonchev–Trinajstić information content (AvgIpc) is 1.05. The van der Waals surface area contributed by atoms with Gasteiger partial charge in [-0.2, -0.15) is 0 Å². The van der Waals surface area contributed by atoms with E-state index in [0.717, 1.165) is 143 Å². The van der Waals surface area contributed by atoms with E-state index in [4.69, 9.17) is 19.9 Å². The molecule has 0 fully saturated rings. The van der Waals surface area contributed by atoms with Gasteiger partial charge in [-0.05, 0) is 172 Å². The Kier molecular flexibility index (Phi) is 16.3. The zero-order valence-electron chi connectivity index (χ0n) is 67.7. The Balaban J connectivity index is 0.000000137. The molecule has 0 saturated carbocycles. The first kappa shape index (κ1) is 71.7. The summed E-state index contributed by atoms with van der Waals surface area (Å²) in [6, 6.07) is 147. The van der Waals surface area contributed by atoms with Crippen LogP contribution in [0.25, 0.3) is 232 Å². The average molecular weight is 1610 g/mol. The summed E-state index contributed by atoms with van der Waals surface area (Å²) >= 11 is 0. The smallest absolute Gasteiger partial charge is 0.267 e. The van der Waals surface area contributed by atoms with E-state index >= 15 is 9.59 Å². The number of benzene rings is 18. The lowest BCUT2D eigenvalue weighted by atomic mass is 10.0. The first-order chi connectivity index (χ1) is 62.4. The monoisotopic (exact) mass is 1610 g/mol. The van der Waals surface area contributed by atoms with Crippen LogP contribution < -0.4 is 11.1 Å². The second-order valence-electron chi connectivity index (χ2n) is 32.3. The van der Waals surface area contributed by atoms with Crippen molar-refractivity contribution in [1.29, 1.82) is 0 Å². The van der Waals surface area contributed by atoms with Crippen molar-refractivity contribution in [3.05, 3.63) is 445 Å². The summed E-state index contributed by atoms with van der Waals surface area (Å²) in [7, 11) is 0. The SMILES string of the molecule is O=c1c2c(-c3ccccc3)nc(-n3c4ccccc4c4cc(-c5ccc6c(c5)c5ccccc5n6-c5ccccc5)ccc43)nc2c2cc3ccccc3cc2n1-c1ccccc1.O=c1c2c(-c3ccccc3)nc(-n3c4ccccc4c4cc(-c5ccc6c(c5)c5ccccc5n6-c5ccccc5)ccc43)nc2c2ccc3ccccc3c2n1-c1ccccc1. The molecule has 0 aliphatic rings. The number of para-hydroxylation sites is 8. The summed E-state index contributed by atoms with van der Waals surface area (Å²) in [5, 5.41) is 16.1. The Hall–Kier alpha value is -17.2. The van der Waals surface area contributed by atoms with Crippen LogP contribution in [-0.2, 0) is 0 Å². The Morgan fingerprint density at radius 2 is 0.476 bits per heavy atom. The minimum absolute atomic E-state index is 0.166. The van der Waals surface area contributed by atoms with Crippen molar-refractivity contribution in [2.45, 2.75) is 0 Å². The molecule has 8 aromatic heterocycles. The van der Waals surface area contributed by atoms with Crippen LogP contribution in [0.3, 0.4) is 0 Å². The molecule has 0 saturated heterocycles. The maximum atomic E-state index is 15.3. The number of nitrogens with zero attached hydrogens (tertiary/aromatic N) is 10. The molecule has 0 spiro atoms. The van der Waals surface area contributed by atoms with Crippen molar-refractivity contribution in [3.8, 4) is 79.4 Å². The van der Waals surface area contributed by atoms with Crippen molar-refractivity contribution in [2.75, 3.05) is 0 Å². The molecule has 588 valence electrons. The molecule has 0 amide bonds. The minimum atomic E-state index is -0.167. The third-order valence-electron chi connectivity index (χ3n) is 25.3. The molecular formula is C114H70N10O2. The zero-order chi connectivity index (χ0) is 83.2. The Morgan fingerprint density at radius 1 is 0.175 bits per heavy atom. The highest BCUT2D eigenvalue weighted by molar-refractivity contribution is 6.20. The van der Waals surface area contributed by atoms with E-state index in [9.17, 15) is 0 Å². The predicted octanol–water partition coefficient (Wildman–Crippen LogP) is 27.2. The molecule has 8 heterocycles. The predicted molar refractivity (Wildman–Crippen MR) is 519 cm³/mol. The lowest BCUT2D eigenvalue weighted by Gasteiger charge is -2.18. The number of hydrogen-bond acceptors (Lipinski definition) is 6. The van der Waals surface area contributed by atoms with Crippen molar-refractivity contribution in [3.63, 3.8) is 0 Å². The highest BCUT2D eigenvalue weighted by atomic mass is 16.1. The first-order valence-electron chi connectivity index (χ1n) is 42.4. The standard InChI is InChI=1S/2C57H35N5O/c63-56-52-53(37-17-4-1-5-18-37)58-57(59-54(52)45-31-28-36-16-10-11-23-42(36)55(45)61(56)41-21-8-3-9-22-41)62-49-27-15-13-25-44(49)47-35-39(30-33-51(47)62)38-29-32-50-46(34-38)43-24-12-14-26-48(43)60(50)40-19-6-2-7-20-40;63-56-53-54(36-16-4-1-5-17-36)58-57(59-55(53)47-34-37-18-10-11-19-38(37)35-52(47)61(56)42-22-8-3-9-23-42)62-49-27-15-13-25-44(49)46-33-40(29-31-51(46)62)39-28-30-50-45(32-39)43-24-12-14-26-48(43)60(50)41-20-6-2-7-21-41/h2*1-35H. The number of hydrogen-bond donors (Lipinski definition) is 0. The largest absolute Gasteiger partial charge is 0.309 e. The fraction of sp³-hybridized carbons (Fsp3) is 0. The molecule has 0 radical (unpaired) electrons. The minimum Gasteiger partial charge on any atom is -0.309 e. The number of pyridine rings is 2. The quantitative estimate of drug-likeness (QED) is 0.0995. The highest BCUT2D eigenvalue weighted by Crippen LogP contribution is 2.44. The first-order valence-corrected chi connectivity index (χ1v) is 42.4. The van der Waals surface area contributed by atoms with Crippen molar-refractivity contribution in [1.82, 2.24) is 47.3 Å². The number of aromatic nitrogens is 10. The second-order valence-corrected chi connectivity index (χ2v) is 32.3. The summed E-state index contributed by atoms with van der Waals surface area (Å²) in [5.74, 6) is 1.00. The Labute approximate surface area is 719 Å². The Morgan fingerprint density at radius 3 is 0.889 bits per heavy atom. The topological polar surface area (TPSA) is 115 Å². The van der Waals surface area contributed by atoms with Gasteiger partial charge in [0.25, 0.3) is 11.1 Å². The number of rotatable bonds is 10. The van der Waals surface area contributed by atoms with Gasteiger partial charge < -0.3 is 9.13 Å². The lowest BCUT2D eigenvalue weighted by Crippen LogP contribution is -2.21. The fourth-order valence-corrected chi connectivity index (χ4v) is 19.6. The van der Waals surface area contributed by atoms with Gasteiger partial charge in [0.1, 0.15) is 0 Å². The van der Waals surface area contributed by atoms with Gasteiger partial charge in [0.05, 0.1) is 88.4 Å². The molecule has 18 aromatic carbocycles. The van der Waals surface area contributed by atoms with E-state index in [1.165, 1.54) is 43.6 Å². The van der Waals surface area contributed by atoms with E-state index < -0.39 is 0 Å². The maximum Gasteiger partial charge on any atom is 0.267 e. The van der Waals surface area contributed by atoms with E-state index in [2.05, 4.69) is 297 Å². The molecule has 12 heteroatoms. The lowest BCUT2D eigenvalue weighted by molar-refractivity contribution is 1.00. The van der Waals surface area contributed by atoms with Gasteiger partial charge in [0.15, 0.2) is 0 Å². The van der Waals surface area contributed by atoms with Gasteiger partial charge in [-0.3, -0.25) is 27.9 Å². The third kappa shape index (κ3) is 11.3. The van der Waals surface area contributed by atoms with Gasteiger partial charge in [0, 0.05) is 93.1 Å². The van der Waals surface area contributed by atoms with E-state index in [1.54, 1.807) is 0 Å². The maximum absolute atomic E-state index is 15.3. The molecule has 0 aliphatic carbocycles. The van der Waals surface area contributed by atoms with Crippen LogP contribution >= 0.6 is 0 Å². The summed E-state index contributed by atoms with van der Waals surface area (Å²) < 4.78 is 12.7. The van der Waals surface area contributed by atoms with Crippen molar-refractivity contribution < 1.29 is 0 Å². The molecule has 126 heavy (non-hydrogen) atoms. The molecule has 0 N–H and O–H groups in total. The van der Waals surface area contributed by atoms with E-state index in [1.807, 2.05) is 155 Å². The normalized spacial score (nSPS) is 11.9. The molecule has 0 aliphatic heterocycles. The molecule has 0 atom stereocenters.